The van der Waals surface area contributed by atoms with Gasteiger partial charge in [-0.15, -0.1) is 0 Å². The van der Waals surface area contributed by atoms with E-state index in [1.807, 2.05) is 12.1 Å². The van der Waals surface area contributed by atoms with Gasteiger partial charge in [0, 0.05) is 32.5 Å². The van der Waals surface area contributed by atoms with Crippen LogP contribution >= 0.6 is 0 Å². The summed E-state index contributed by atoms with van der Waals surface area (Å²) >= 11 is 0. The molecule has 6 nitrogen and oxygen atoms in total. The number of nitrogens with zero attached hydrogens (tertiary/aromatic N) is 1. The molecular weight excluding hydrogens is 398 g/mol. The monoisotopic (exact) mass is 437 g/mol. The summed E-state index contributed by atoms with van der Waals surface area (Å²) in [6.07, 6.45) is 12.4. The zero-order valence-corrected chi connectivity index (χ0v) is 19.5. The Morgan fingerprint density at radius 3 is 2.47 bits per heavy atom. The van der Waals surface area contributed by atoms with Gasteiger partial charge in [0.25, 0.3) is 0 Å². The van der Waals surface area contributed by atoms with Crippen LogP contribution in [0.2, 0.25) is 0 Å². The van der Waals surface area contributed by atoms with Crippen LogP contribution in [0.1, 0.15) is 63.9 Å². The molecule has 0 radical (unpaired) electrons. The van der Waals surface area contributed by atoms with Crippen LogP contribution in [0.25, 0.3) is 0 Å². The third kappa shape index (κ3) is 9.94. The normalized spacial score (nSPS) is 15.9. The smallest absolute Gasteiger partial charge is 0.191 e. The number of nitrogens with one attached hydrogen (secondary N) is 2. The largest absolute Gasteiger partial charge is 0.378 e. The van der Waals surface area contributed by atoms with Gasteiger partial charge >= 0.3 is 0 Å². The summed E-state index contributed by atoms with van der Waals surface area (Å²) in [5.74, 6) is 0.837. The van der Waals surface area contributed by atoms with Crippen molar-refractivity contribution in [1.82, 2.24) is 10.6 Å². The highest BCUT2D eigenvalue weighted by molar-refractivity contribution is 7.90. The Balaban J connectivity index is 1.61. The molecular formula is C23H39N3O3S. The van der Waals surface area contributed by atoms with Gasteiger partial charge in [-0.3, -0.25) is 4.99 Å². The van der Waals surface area contributed by atoms with Crippen molar-refractivity contribution >= 4 is 15.8 Å². The Morgan fingerprint density at radius 1 is 1.07 bits per heavy atom. The third-order valence-electron chi connectivity index (χ3n) is 5.38. The van der Waals surface area contributed by atoms with Crippen LogP contribution in [0.15, 0.2) is 34.2 Å². The second kappa shape index (κ2) is 13.7. The average Bonchev–Trinajstić information content (AvgIpc) is 2.73. The minimum Gasteiger partial charge on any atom is -0.378 e. The van der Waals surface area contributed by atoms with E-state index in [4.69, 9.17) is 4.74 Å². The van der Waals surface area contributed by atoms with Crippen LogP contribution in [0, 0.1) is 0 Å². The summed E-state index contributed by atoms with van der Waals surface area (Å²) in [5, 5.41) is 6.63. The van der Waals surface area contributed by atoms with E-state index in [-0.39, 0.29) is 0 Å². The van der Waals surface area contributed by atoms with Crippen LogP contribution in [-0.2, 0) is 21.0 Å². The number of ether oxygens (including phenoxy) is 1. The molecule has 7 heteroatoms. The van der Waals surface area contributed by atoms with E-state index in [0.717, 1.165) is 63.4 Å². The second-order valence-electron chi connectivity index (χ2n) is 8.05. The van der Waals surface area contributed by atoms with Crippen molar-refractivity contribution in [3.63, 3.8) is 0 Å². The van der Waals surface area contributed by atoms with Crippen molar-refractivity contribution in [2.24, 2.45) is 4.99 Å². The molecule has 0 spiro atoms. The maximum absolute atomic E-state index is 11.5. The molecule has 1 aliphatic carbocycles. The molecule has 0 bridgehead atoms. The number of aliphatic imine (C=N–C) groups is 1. The molecule has 1 fully saturated rings. The van der Waals surface area contributed by atoms with Crippen LogP contribution in [0.5, 0.6) is 0 Å². The molecule has 1 aromatic rings. The van der Waals surface area contributed by atoms with Crippen molar-refractivity contribution in [2.45, 2.75) is 75.7 Å². The first-order valence-corrected chi connectivity index (χ1v) is 13.3. The molecule has 1 aliphatic rings. The SMILES string of the molecule is CCNC(=NCCCCCOC1CCCCC1)NCCc1ccc(S(C)(=O)=O)cc1. The van der Waals surface area contributed by atoms with Gasteiger partial charge in [-0.05, 0) is 63.1 Å². The van der Waals surface area contributed by atoms with Crippen molar-refractivity contribution in [3.05, 3.63) is 29.8 Å². The van der Waals surface area contributed by atoms with E-state index < -0.39 is 9.84 Å². The number of hydrogen-bond donors (Lipinski definition) is 2. The summed E-state index contributed by atoms with van der Waals surface area (Å²) in [6, 6.07) is 7.08. The Bertz CT molecular complexity index is 727. The van der Waals surface area contributed by atoms with E-state index in [2.05, 4.69) is 22.5 Å². The Hall–Kier alpha value is -1.60. The summed E-state index contributed by atoms with van der Waals surface area (Å²) in [6.45, 7) is 5.32. The molecule has 1 saturated carbocycles. The number of guanidine groups is 1. The number of hydrogen-bond acceptors (Lipinski definition) is 4. The summed E-state index contributed by atoms with van der Waals surface area (Å²) in [7, 11) is -3.14. The number of sulfone groups is 1. The fourth-order valence-electron chi connectivity index (χ4n) is 3.63. The van der Waals surface area contributed by atoms with Gasteiger partial charge in [-0.2, -0.15) is 0 Å². The zero-order valence-electron chi connectivity index (χ0n) is 18.7. The van der Waals surface area contributed by atoms with Gasteiger partial charge in [0.2, 0.25) is 0 Å². The molecule has 0 aliphatic heterocycles. The molecule has 2 N–H and O–H groups in total. The number of benzene rings is 1. The van der Waals surface area contributed by atoms with Crippen LogP contribution in [0.3, 0.4) is 0 Å². The zero-order chi connectivity index (χ0) is 21.7. The lowest BCUT2D eigenvalue weighted by Crippen LogP contribution is -2.38. The minimum atomic E-state index is -3.14. The van der Waals surface area contributed by atoms with E-state index in [0.29, 0.717) is 11.0 Å². The van der Waals surface area contributed by atoms with Crippen molar-refractivity contribution in [1.29, 1.82) is 0 Å². The molecule has 0 aromatic heterocycles. The van der Waals surface area contributed by atoms with Gasteiger partial charge < -0.3 is 15.4 Å². The first-order valence-electron chi connectivity index (χ1n) is 11.4. The third-order valence-corrected chi connectivity index (χ3v) is 6.51. The summed E-state index contributed by atoms with van der Waals surface area (Å²) in [5.41, 5.74) is 1.10. The average molecular weight is 438 g/mol. The minimum absolute atomic E-state index is 0.359. The fourth-order valence-corrected chi connectivity index (χ4v) is 4.26. The standard InChI is InChI=1S/C23H39N3O3S/c1-3-24-23(25-17-8-5-9-19-29-21-10-6-4-7-11-21)26-18-16-20-12-14-22(15-13-20)30(2,27)28/h12-15,21H,3-11,16-19H2,1-2H3,(H2,24,25,26). The Morgan fingerprint density at radius 2 is 1.80 bits per heavy atom. The van der Waals surface area contributed by atoms with Crippen LogP contribution < -0.4 is 10.6 Å². The molecule has 1 aromatic carbocycles. The topological polar surface area (TPSA) is 79.8 Å². The van der Waals surface area contributed by atoms with Crippen LogP contribution in [0.4, 0.5) is 0 Å². The van der Waals surface area contributed by atoms with Gasteiger partial charge in [-0.25, -0.2) is 8.42 Å². The predicted molar refractivity (Wildman–Crippen MR) is 124 cm³/mol. The van der Waals surface area contributed by atoms with Gasteiger partial charge in [0.05, 0.1) is 11.0 Å². The maximum Gasteiger partial charge on any atom is 0.191 e. The highest BCUT2D eigenvalue weighted by atomic mass is 32.2. The highest BCUT2D eigenvalue weighted by Crippen LogP contribution is 2.20. The van der Waals surface area contributed by atoms with Gasteiger partial charge in [0.15, 0.2) is 15.8 Å². The quantitative estimate of drug-likeness (QED) is 0.296. The summed E-state index contributed by atoms with van der Waals surface area (Å²) < 4.78 is 29.0. The molecule has 170 valence electrons. The molecule has 30 heavy (non-hydrogen) atoms. The van der Waals surface area contributed by atoms with E-state index >= 15 is 0 Å². The first-order chi connectivity index (χ1) is 14.5. The highest BCUT2D eigenvalue weighted by Gasteiger charge is 2.12. The van der Waals surface area contributed by atoms with Crippen molar-refractivity contribution < 1.29 is 13.2 Å². The molecule has 0 amide bonds. The Kier molecular flexibility index (Phi) is 11.2. The molecule has 0 heterocycles. The van der Waals surface area contributed by atoms with E-state index in [1.165, 1.54) is 38.4 Å². The molecule has 0 saturated heterocycles. The molecule has 2 rings (SSSR count). The predicted octanol–water partition coefficient (Wildman–Crippen LogP) is 3.71. The lowest BCUT2D eigenvalue weighted by atomic mass is 9.98. The van der Waals surface area contributed by atoms with Gasteiger partial charge in [-0.1, -0.05) is 31.4 Å². The van der Waals surface area contributed by atoms with E-state index in [1.54, 1.807) is 12.1 Å². The maximum atomic E-state index is 11.5. The van der Waals surface area contributed by atoms with E-state index in [9.17, 15) is 8.42 Å². The number of rotatable bonds is 12. The Labute approximate surface area is 182 Å². The van der Waals surface area contributed by atoms with Gasteiger partial charge in [0.1, 0.15) is 0 Å². The van der Waals surface area contributed by atoms with Crippen LogP contribution in [-0.4, -0.2) is 53.0 Å². The van der Waals surface area contributed by atoms with Crippen molar-refractivity contribution in [2.75, 3.05) is 32.5 Å². The fraction of sp³-hybridized carbons (Fsp3) is 0.696. The van der Waals surface area contributed by atoms with Crippen molar-refractivity contribution in [3.8, 4) is 0 Å². The molecule has 0 unspecified atom stereocenters. The lowest BCUT2D eigenvalue weighted by Gasteiger charge is -2.21. The number of unbranched alkanes of at least 4 members (excludes halogenated alkanes) is 2. The molecule has 0 atom stereocenters. The second-order valence-corrected chi connectivity index (χ2v) is 10.1. The first kappa shape index (κ1) is 24.7. The lowest BCUT2D eigenvalue weighted by molar-refractivity contribution is 0.0264. The summed E-state index contributed by atoms with van der Waals surface area (Å²) in [4.78, 5) is 5.01.